The first-order valence-electron chi connectivity index (χ1n) is 19.7. The molecule has 0 aliphatic heterocycles. The molecule has 0 bridgehead atoms. The molecule has 0 unspecified atom stereocenters. The van der Waals surface area contributed by atoms with Crippen molar-refractivity contribution in [2.45, 2.75) is 66.8 Å². The van der Waals surface area contributed by atoms with Crippen LogP contribution in [0.3, 0.4) is 0 Å². The highest BCUT2D eigenvalue weighted by atomic mass is 35.5. The number of Topliss-reactive ketones (excluding diaryl/α,β-unsaturated/α-hetero) is 1. The molecule has 2 N–H and O–H groups in total. The third-order valence-corrected chi connectivity index (χ3v) is 10.2. The molecule has 6 aromatic rings. The molecule has 0 aliphatic rings. The van der Waals surface area contributed by atoms with Crippen LogP contribution < -0.4 is 19.9 Å². The lowest BCUT2D eigenvalue weighted by Gasteiger charge is -2.13. The summed E-state index contributed by atoms with van der Waals surface area (Å²) < 4.78 is 57.1. The summed E-state index contributed by atoms with van der Waals surface area (Å²) in [6.45, 7) is 13.0. The summed E-state index contributed by atoms with van der Waals surface area (Å²) in [5.74, 6) is 0.0797. The van der Waals surface area contributed by atoms with Gasteiger partial charge in [-0.05, 0) is 154 Å². The van der Waals surface area contributed by atoms with Gasteiger partial charge in [0.25, 0.3) is 0 Å². The summed E-state index contributed by atoms with van der Waals surface area (Å²) in [5.41, 5.74) is 12.1. The number of halogens is 6. The fourth-order valence-electron chi connectivity index (χ4n) is 5.98. The Hall–Kier alpha value is -5.26. The lowest BCUT2D eigenvalue weighted by Crippen LogP contribution is -2.26. The van der Waals surface area contributed by atoms with E-state index in [4.69, 9.17) is 54.7 Å². The Bertz CT molecular complexity index is 2540. The highest BCUT2D eigenvalue weighted by Gasteiger charge is 2.18. The Kier molecular flexibility index (Phi) is 21.7. The van der Waals surface area contributed by atoms with E-state index in [1.807, 2.05) is 52.8 Å². The minimum atomic E-state index is -0.690. The largest absolute Gasteiger partial charge is 0.497 e. The second-order valence-electron chi connectivity index (χ2n) is 15.6. The predicted octanol–water partition coefficient (Wildman–Crippen LogP) is 13.4. The van der Waals surface area contributed by atoms with Crippen LogP contribution in [0.5, 0.6) is 17.2 Å². The normalized spacial score (nSPS) is 10.4. The number of nitrogens with two attached hydrogens (primary N) is 1. The first-order chi connectivity index (χ1) is 29.6. The maximum Gasteiger partial charge on any atom is 0.196 e. The van der Waals surface area contributed by atoms with Crippen LogP contribution in [0.25, 0.3) is 0 Å². The second kappa shape index (κ2) is 25.3. The van der Waals surface area contributed by atoms with E-state index in [9.17, 15) is 22.8 Å². The van der Waals surface area contributed by atoms with Gasteiger partial charge in [0.1, 0.15) is 28.9 Å². The molecule has 13 heteroatoms. The summed E-state index contributed by atoms with van der Waals surface area (Å²) in [6, 6.07) is 28.7. The Balaban J connectivity index is 0.000000311. The predicted molar refractivity (Wildman–Crippen MR) is 256 cm³/mol. The number of carbonyl (C=O) groups is 2. The average Bonchev–Trinajstić information content (AvgIpc) is 3.23. The van der Waals surface area contributed by atoms with Crippen molar-refractivity contribution in [2.75, 3.05) is 21.3 Å². The van der Waals surface area contributed by atoms with E-state index in [-0.39, 0.29) is 52.0 Å². The monoisotopic (exact) mass is 932 g/mol. The van der Waals surface area contributed by atoms with E-state index in [0.29, 0.717) is 46.6 Å². The zero-order valence-electron chi connectivity index (χ0n) is 37.7. The highest BCUT2D eigenvalue weighted by molar-refractivity contribution is 6.31. The van der Waals surface area contributed by atoms with Crippen molar-refractivity contribution in [1.29, 1.82) is 0 Å². The van der Waals surface area contributed by atoms with Gasteiger partial charge in [-0.3, -0.25) is 9.59 Å². The SMILES string of the molecule is CC(C)(C)N.COc1cc(C)c(Cc2cccc(Cl)c2F)cc1C(C)=O.COc1ccc(C(=O)c2cccc(Cl)c2F)c(C)c1.COc1ccc(Cc2cccc(Cl)c2F)c(C)c1.[B]. The van der Waals surface area contributed by atoms with Gasteiger partial charge in [0.15, 0.2) is 17.4 Å². The topological polar surface area (TPSA) is 87.9 Å². The van der Waals surface area contributed by atoms with Gasteiger partial charge in [-0.25, -0.2) is 13.2 Å². The number of carbonyl (C=O) groups excluding carboxylic acids is 2. The van der Waals surface area contributed by atoms with Crippen LogP contribution in [0.2, 0.25) is 15.1 Å². The summed E-state index contributed by atoms with van der Waals surface area (Å²) in [6.07, 6.45) is 0.907. The van der Waals surface area contributed by atoms with E-state index in [1.165, 1.54) is 32.2 Å². The van der Waals surface area contributed by atoms with Crippen LogP contribution in [0.1, 0.15) is 92.9 Å². The van der Waals surface area contributed by atoms with Gasteiger partial charge in [0.05, 0.1) is 47.5 Å². The first-order valence-corrected chi connectivity index (χ1v) is 20.8. The average molecular weight is 934 g/mol. The van der Waals surface area contributed by atoms with Crippen LogP contribution in [-0.2, 0) is 12.8 Å². The van der Waals surface area contributed by atoms with Gasteiger partial charge in [0.2, 0.25) is 0 Å². The van der Waals surface area contributed by atoms with Crippen molar-refractivity contribution in [3.05, 3.63) is 191 Å². The van der Waals surface area contributed by atoms with Crippen LogP contribution in [0.15, 0.2) is 103 Å². The lowest BCUT2D eigenvalue weighted by molar-refractivity contribution is 0.101. The zero-order chi connectivity index (χ0) is 47.2. The van der Waals surface area contributed by atoms with Gasteiger partial charge >= 0.3 is 0 Å². The summed E-state index contributed by atoms with van der Waals surface area (Å²) in [7, 11) is 4.70. The zero-order valence-corrected chi connectivity index (χ0v) is 40.0. The van der Waals surface area contributed by atoms with Crippen LogP contribution in [-0.4, -0.2) is 46.8 Å². The van der Waals surface area contributed by atoms with Crippen molar-refractivity contribution in [3.8, 4) is 17.2 Å². The maximum absolute atomic E-state index is 14.0. The number of hydrogen-bond donors (Lipinski definition) is 1. The van der Waals surface area contributed by atoms with E-state index >= 15 is 0 Å². The lowest BCUT2D eigenvalue weighted by atomic mass is 9.96. The van der Waals surface area contributed by atoms with Crippen LogP contribution in [0.4, 0.5) is 13.2 Å². The standard InChI is InChI=1S/C17H16ClFO2.C15H12ClFO2.C15H14ClFO.C4H11N.B/c1-10-7-16(21-3)14(11(2)20)9-13(10)8-12-5-4-6-15(18)17(12)19;1-9-8-10(19-2)6-7-11(9)15(18)12-4-3-5-13(16)14(12)17;1-10-8-13(18-2)7-6-11(10)9-12-4-3-5-14(16)15(12)17;1-4(2,3)5;/h4-7,9H,8H2,1-3H3;3-8H,1-2H3;3-8H,9H2,1-2H3;5H2,1-3H3;. The number of aryl methyl sites for hydroxylation is 3. The second-order valence-corrected chi connectivity index (χ2v) is 16.8. The fraction of sp³-hybridized carbons (Fsp3) is 0.255. The molecule has 0 spiro atoms. The van der Waals surface area contributed by atoms with Gasteiger partial charge in [-0.1, -0.05) is 71.2 Å². The first kappa shape index (κ1) is 54.9. The maximum atomic E-state index is 14.0. The molecule has 337 valence electrons. The van der Waals surface area contributed by atoms with E-state index in [2.05, 4.69) is 0 Å². The molecule has 0 saturated heterocycles. The van der Waals surface area contributed by atoms with Gasteiger partial charge < -0.3 is 19.9 Å². The van der Waals surface area contributed by atoms with Gasteiger partial charge in [0, 0.05) is 32.4 Å². The smallest absolute Gasteiger partial charge is 0.196 e. The molecular formula is C51H53BCl3F3NO5. The minimum Gasteiger partial charge on any atom is -0.497 e. The third-order valence-electron chi connectivity index (χ3n) is 9.29. The molecule has 0 atom stereocenters. The third kappa shape index (κ3) is 16.1. The highest BCUT2D eigenvalue weighted by Crippen LogP contribution is 2.29. The molecular weight excluding hydrogens is 881 g/mol. The number of hydrogen-bond acceptors (Lipinski definition) is 6. The van der Waals surface area contributed by atoms with Crippen LogP contribution in [0, 0.1) is 38.2 Å². The number of ether oxygens (including phenoxy) is 3. The molecule has 0 aliphatic carbocycles. The summed E-state index contributed by atoms with van der Waals surface area (Å²) >= 11 is 17.3. The fourth-order valence-corrected chi connectivity index (χ4v) is 6.54. The van der Waals surface area contributed by atoms with E-state index in [0.717, 1.165) is 33.6 Å². The molecule has 6 rings (SSSR count). The van der Waals surface area contributed by atoms with Crippen molar-refractivity contribution in [3.63, 3.8) is 0 Å². The van der Waals surface area contributed by atoms with E-state index in [1.54, 1.807) is 87.9 Å². The number of methoxy groups -OCH3 is 3. The van der Waals surface area contributed by atoms with Gasteiger partial charge in [-0.2, -0.15) is 0 Å². The molecule has 0 aromatic heterocycles. The summed E-state index contributed by atoms with van der Waals surface area (Å²) in [5, 5.41) is 0.209. The molecule has 0 heterocycles. The minimum absolute atomic E-state index is 0. The molecule has 64 heavy (non-hydrogen) atoms. The molecule has 3 radical (unpaired) electrons. The molecule has 0 fully saturated rings. The Morgan fingerprint density at radius 3 is 1.44 bits per heavy atom. The molecule has 6 aromatic carbocycles. The van der Waals surface area contributed by atoms with E-state index < -0.39 is 11.6 Å². The summed E-state index contributed by atoms with van der Waals surface area (Å²) in [4.78, 5) is 24.0. The van der Waals surface area contributed by atoms with Crippen molar-refractivity contribution < 1.29 is 37.0 Å². The van der Waals surface area contributed by atoms with Crippen molar-refractivity contribution >= 4 is 54.8 Å². The molecule has 6 nitrogen and oxygen atoms in total. The molecule has 0 amide bonds. The van der Waals surface area contributed by atoms with Crippen LogP contribution >= 0.6 is 34.8 Å². The Morgan fingerprint density at radius 2 is 0.984 bits per heavy atom. The number of ketones is 2. The van der Waals surface area contributed by atoms with Crippen molar-refractivity contribution in [2.24, 2.45) is 5.73 Å². The molecule has 0 saturated carbocycles. The number of benzene rings is 6. The Labute approximate surface area is 392 Å². The van der Waals surface area contributed by atoms with Crippen molar-refractivity contribution in [1.82, 2.24) is 0 Å². The van der Waals surface area contributed by atoms with Gasteiger partial charge in [-0.15, -0.1) is 0 Å². The Morgan fingerprint density at radius 1 is 0.547 bits per heavy atom. The quantitative estimate of drug-likeness (QED) is 0.109. The number of rotatable bonds is 10.